The second-order valence-electron chi connectivity index (χ2n) is 4.55. The van der Waals surface area contributed by atoms with Gasteiger partial charge in [0.15, 0.2) is 0 Å². The van der Waals surface area contributed by atoms with Crippen molar-refractivity contribution in [3.63, 3.8) is 0 Å². The molecule has 0 aromatic heterocycles. The Morgan fingerprint density at radius 2 is 2.07 bits per heavy atom. The van der Waals surface area contributed by atoms with Crippen LogP contribution in [0.3, 0.4) is 0 Å². The number of hydrogen-bond acceptors (Lipinski definition) is 2. The van der Waals surface area contributed by atoms with Crippen molar-refractivity contribution >= 4 is 14.4 Å². The van der Waals surface area contributed by atoms with Gasteiger partial charge in [0.2, 0.25) is 0 Å². The Kier molecular flexibility index (Phi) is 6.49. The molecule has 0 heterocycles. The van der Waals surface area contributed by atoms with E-state index in [1.165, 1.54) is 12.2 Å². The van der Waals surface area contributed by atoms with E-state index in [1.807, 2.05) is 11.9 Å². The second-order valence-corrected chi connectivity index (χ2v) is 10.2. The van der Waals surface area contributed by atoms with Crippen molar-refractivity contribution in [1.82, 2.24) is 4.90 Å². The molecule has 0 aromatic rings. The van der Waals surface area contributed by atoms with E-state index in [9.17, 15) is 0 Å². The number of hydrogen-bond donors (Lipinski definition) is 0. The van der Waals surface area contributed by atoms with Crippen LogP contribution in [0.4, 0.5) is 0 Å². The molecule has 0 rings (SSSR count). The fourth-order valence-corrected chi connectivity index (χ4v) is 1.54. The van der Waals surface area contributed by atoms with Gasteiger partial charge in [-0.05, 0) is 6.04 Å². The third-order valence-corrected chi connectivity index (χ3v) is 3.36. The maximum Gasteiger partial charge on any atom is 0.119 e. The largest absolute Gasteiger partial charge is 0.361 e. The molecule has 0 atom stereocenters. The molecule has 0 bridgehead atoms. The summed E-state index contributed by atoms with van der Waals surface area (Å²) >= 11 is 0. The zero-order valence-corrected chi connectivity index (χ0v) is 10.8. The van der Waals surface area contributed by atoms with Crippen LogP contribution < -0.4 is 0 Å². The summed E-state index contributed by atoms with van der Waals surface area (Å²) in [4.78, 5) is 5.79. The van der Waals surface area contributed by atoms with Crippen LogP contribution in [0.5, 0.6) is 0 Å². The van der Waals surface area contributed by atoms with E-state index in [4.69, 9.17) is 4.74 Å². The number of rotatable bonds is 7. The summed E-state index contributed by atoms with van der Waals surface area (Å²) in [5.74, 6) is 0. The van der Waals surface area contributed by atoms with E-state index in [0.717, 1.165) is 6.61 Å². The van der Waals surface area contributed by atoms with E-state index in [-0.39, 0.29) is 0 Å². The van der Waals surface area contributed by atoms with Crippen LogP contribution in [0.1, 0.15) is 0 Å². The van der Waals surface area contributed by atoms with Crippen LogP contribution in [0, 0.1) is 0 Å². The lowest BCUT2D eigenvalue weighted by atomic mass is 10.8. The number of nitrogens with zero attached hydrogens (tertiary/aromatic N) is 2. The Morgan fingerprint density at radius 3 is 2.57 bits per heavy atom. The highest BCUT2D eigenvalue weighted by molar-refractivity contribution is 6.76. The predicted molar refractivity (Wildman–Crippen MR) is 65.4 cm³/mol. The van der Waals surface area contributed by atoms with Crippen LogP contribution in [0.2, 0.25) is 25.7 Å². The molecule has 0 aliphatic carbocycles. The van der Waals surface area contributed by atoms with Crippen LogP contribution in [0.25, 0.3) is 0 Å². The Hall–Kier alpha value is -0.613. The Bertz CT molecular complexity index is 187. The maximum atomic E-state index is 5.50. The first-order chi connectivity index (χ1) is 6.45. The molecule has 0 spiro atoms. The van der Waals surface area contributed by atoms with Gasteiger partial charge in [-0.15, -0.1) is 0 Å². The van der Waals surface area contributed by atoms with Crippen molar-refractivity contribution in [1.29, 1.82) is 0 Å². The zero-order chi connectivity index (χ0) is 11.0. The Balaban J connectivity index is 3.45. The minimum Gasteiger partial charge on any atom is -0.361 e. The van der Waals surface area contributed by atoms with Crippen molar-refractivity contribution in [2.24, 2.45) is 4.99 Å². The molecule has 0 aromatic carbocycles. The number of aliphatic imine (C=N–C) groups is 1. The van der Waals surface area contributed by atoms with Gasteiger partial charge in [0.05, 0.1) is 6.34 Å². The molecule has 3 nitrogen and oxygen atoms in total. The molecule has 0 fully saturated rings. The zero-order valence-electron chi connectivity index (χ0n) is 9.79. The molecule has 14 heavy (non-hydrogen) atoms. The van der Waals surface area contributed by atoms with Gasteiger partial charge in [-0.2, -0.15) is 0 Å². The molecule has 0 saturated heterocycles. The van der Waals surface area contributed by atoms with Gasteiger partial charge in [0, 0.05) is 27.9 Å². The highest BCUT2D eigenvalue weighted by atomic mass is 28.3. The van der Waals surface area contributed by atoms with Crippen LogP contribution in [0.15, 0.2) is 17.8 Å². The van der Waals surface area contributed by atoms with Crippen LogP contribution in [-0.2, 0) is 4.74 Å². The van der Waals surface area contributed by atoms with Gasteiger partial charge in [0.25, 0.3) is 0 Å². The van der Waals surface area contributed by atoms with Gasteiger partial charge in [-0.3, -0.25) is 0 Å². The van der Waals surface area contributed by atoms with Crippen LogP contribution >= 0.6 is 0 Å². The lowest BCUT2D eigenvalue weighted by Crippen LogP contribution is -2.25. The van der Waals surface area contributed by atoms with E-state index in [0.29, 0.717) is 6.73 Å². The summed E-state index contributed by atoms with van der Waals surface area (Å²) in [6, 6.07) is 1.21. The lowest BCUT2D eigenvalue weighted by Gasteiger charge is -2.17. The van der Waals surface area contributed by atoms with Crippen molar-refractivity contribution < 1.29 is 4.74 Å². The summed E-state index contributed by atoms with van der Waals surface area (Å²) in [5.41, 5.74) is 0. The molecule has 4 heteroatoms. The first-order valence-corrected chi connectivity index (χ1v) is 8.58. The van der Waals surface area contributed by atoms with E-state index < -0.39 is 8.07 Å². The first-order valence-electron chi connectivity index (χ1n) is 4.88. The molecule has 0 aliphatic heterocycles. The van der Waals surface area contributed by atoms with Crippen LogP contribution in [-0.4, -0.2) is 39.7 Å². The Morgan fingerprint density at radius 1 is 1.43 bits per heavy atom. The highest BCUT2D eigenvalue weighted by Gasteiger charge is 2.11. The summed E-state index contributed by atoms with van der Waals surface area (Å²) in [5, 5.41) is 0. The number of ether oxygens (including phenoxy) is 1. The minimum atomic E-state index is -0.948. The molecule has 0 aliphatic rings. The fraction of sp³-hybridized carbons (Fsp3) is 0.700. The molecule has 0 radical (unpaired) electrons. The smallest absolute Gasteiger partial charge is 0.119 e. The molecule has 0 unspecified atom stereocenters. The van der Waals surface area contributed by atoms with Gasteiger partial charge in [-0.1, -0.05) is 26.2 Å². The minimum absolute atomic E-state index is 0.599. The molecule has 0 saturated carbocycles. The summed E-state index contributed by atoms with van der Waals surface area (Å²) in [7, 11) is 0.984. The van der Waals surface area contributed by atoms with E-state index in [1.54, 1.807) is 6.34 Å². The second kappa shape index (κ2) is 6.78. The SMILES string of the molecule is C=C/N=C\N(C)COCC[Si](C)(C)C. The first kappa shape index (κ1) is 13.4. The van der Waals surface area contributed by atoms with Crippen molar-refractivity contribution in [3.8, 4) is 0 Å². The third kappa shape index (κ3) is 9.47. The van der Waals surface area contributed by atoms with E-state index >= 15 is 0 Å². The molecular formula is C10H22N2OSi. The maximum absolute atomic E-state index is 5.50. The quantitative estimate of drug-likeness (QED) is 0.214. The van der Waals surface area contributed by atoms with E-state index in [2.05, 4.69) is 31.2 Å². The fourth-order valence-electron chi connectivity index (χ4n) is 0.781. The predicted octanol–water partition coefficient (Wildman–Crippen LogP) is 2.40. The van der Waals surface area contributed by atoms with Crippen molar-refractivity contribution in [2.45, 2.75) is 25.7 Å². The monoisotopic (exact) mass is 214 g/mol. The lowest BCUT2D eigenvalue weighted by molar-refractivity contribution is 0.0873. The summed E-state index contributed by atoms with van der Waals surface area (Å²) in [6.45, 7) is 12.0. The highest BCUT2D eigenvalue weighted by Crippen LogP contribution is 2.07. The summed E-state index contributed by atoms with van der Waals surface area (Å²) in [6.07, 6.45) is 3.22. The van der Waals surface area contributed by atoms with Gasteiger partial charge in [0.1, 0.15) is 6.73 Å². The van der Waals surface area contributed by atoms with Gasteiger partial charge >= 0.3 is 0 Å². The average molecular weight is 214 g/mol. The normalized spacial score (nSPS) is 12.0. The summed E-state index contributed by atoms with van der Waals surface area (Å²) < 4.78 is 5.50. The average Bonchev–Trinajstić information content (AvgIpc) is 2.07. The Labute approximate surface area is 88.5 Å². The standard InChI is InChI=1S/C10H22N2OSi/c1-6-11-9-12(2)10-13-7-8-14(3,4)5/h6,9H,1,7-8,10H2,2-5H3/b11-9-. The topological polar surface area (TPSA) is 24.8 Å². The van der Waals surface area contributed by atoms with Crippen molar-refractivity contribution in [2.75, 3.05) is 20.4 Å². The molecule has 0 N–H and O–H groups in total. The van der Waals surface area contributed by atoms with Gasteiger partial charge < -0.3 is 9.64 Å². The molecular weight excluding hydrogens is 192 g/mol. The molecule has 82 valence electrons. The van der Waals surface area contributed by atoms with Crippen molar-refractivity contribution in [3.05, 3.63) is 12.8 Å². The molecule has 0 amide bonds. The third-order valence-electron chi connectivity index (χ3n) is 1.66. The van der Waals surface area contributed by atoms with Gasteiger partial charge in [-0.25, -0.2) is 4.99 Å².